The predicted octanol–water partition coefficient (Wildman–Crippen LogP) is 3.41. The number of nitrogens with zero attached hydrogens (tertiary/aromatic N) is 3. The lowest BCUT2D eigenvalue weighted by molar-refractivity contribution is -0.137. The van der Waals surface area contributed by atoms with E-state index in [0.29, 0.717) is 31.6 Å². The van der Waals surface area contributed by atoms with Crippen LogP contribution >= 0.6 is 11.8 Å². The lowest BCUT2D eigenvalue weighted by atomic mass is 9.91. The highest BCUT2D eigenvalue weighted by Crippen LogP contribution is 2.31. The third kappa shape index (κ3) is 4.74. The molecule has 1 aliphatic carbocycles. The van der Waals surface area contributed by atoms with Crippen LogP contribution in [0.1, 0.15) is 39.3 Å². The lowest BCUT2D eigenvalue weighted by Crippen LogP contribution is -2.39. The van der Waals surface area contributed by atoms with Gasteiger partial charge in [-0.1, -0.05) is 0 Å². The van der Waals surface area contributed by atoms with Crippen LogP contribution in [0.4, 0.5) is 17.6 Å². The first kappa shape index (κ1) is 22.1. The van der Waals surface area contributed by atoms with Gasteiger partial charge in [0, 0.05) is 61.1 Å². The lowest BCUT2D eigenvalue weighted by Gasteiger charge is -2.27. The Morgan fingerprint density at radius 2 is 2.03 bits per heavy atom. The van der Waals surface area contributed by atoms with Gasteiger partial charge in [0.15, 0.2) is 5.69 Å². The van der Waals surface area contributed by atoms with E-state index in [1.54, 1.807) is 4.68 Å². The standard InChI is InChI=1S/C21H24F4N4OS/c1-28-18-5-3-15(26-12-13-10-14(21(23,24)25)2-4-17(13)22)11-16(18)19(27-28)20(30)29-6-8-31-9-7-29/h2,4,10,15,26H,3,5-9,11-12H2,1H3. The number of alkyl halides is 3. The molecule has 1 unspecified atom stereocenters. The normalized spacial score (nSPS) is 19.4. The van der Waals surface area contributed by atoms with Crippen LogP contribution in [-0.2, 0) is 32.6 Å². The zero-order valence-electron chi connectivity index (χ0n) is 17.1. The Morgan fingerprint density at radius 1 is 1.29 bits per heavy atom. The summed E-state index contributed by atoms with van der Waals surface area (Å²) < 4.78 is 54.7. The molecule has 0 bridgehead atoms. The molecule has 2 heterocycles. The van der Waals surface area contributed by atoms with E-state index in [1.165, 1.54) is 0 Å². The Labute approximate surface area is 182 Å². The first-order chi connectivity index (χ1) is 14.7. The smallest absolute Gasteiger partial charge is 0.336 e. The zero-order valence-corrected chi connectivity index (χ0v) is 18.0. The molecule has 4 rings (SSSR count). The summed E-state index contributed by atoms with van der Waals surface area (Å²) in [7, 11) is 1.83. The van der Waals surface area contributed by atoms with Crippen molar-refractivity contribution < 1.29 is 22.4 Å². The molecule has 1 N–H and O–H groups in total. The van der Waals surface area contributed by atoms with Crippen LogP contribution in [0.3, 0.4) is 0 Å². The Hall–Kier alpha value is -2.07. The van der Waals surface area contributed by atoms with Gasteiger partial charge in [0.25, 0.3) is 5.91 Å². The summed E-state index contributed by atoms with van der Waals surface area (Å²) in [6.45, 7) is 1.39. The van der Waals surface area contributed by atoms with E-state index in [0.717, 1.165) is 47.4 Å². The zero-order chi connectivity index (χ0) is 22.2. The summed E-state index contributed by atoms with van der Waals surface area (Å²) in [6, 6.07) is 2.38. The van der Waals surface area contributed by atoms with E-state index in [9.17, 15) is 22.4 Å². The summed E-state index contributed by atoms with van der Waals surface area (Å²) in [5.41, 5.74) is 1.48. The fourth-order valence-electron chi connectivity index (χ4n) is 4.19. The first-order valence-corrected chi connectivity index (χ1v) is 11.4. The van der Waals surface area contributed by atoms with Gasteiger partial charge in [0.05, 0.1) is 5.56 Å². The monoisotopic (exact) mass is 456 g/mol. The molecule has 2 aromatic rings. The topological polar surface area (TPSA) is 50.2 Å². The summed E-state index contributed by atoms with van der Waals surface area (Å²) in [4.78, 5) is 14.8. The average molecular weight is 457 g/mol. The minimum absolute atomic E-state index is 0.0113. The van der Waals surface area contributed by atoms with Crippen LogP contribution in [-0.4, -0.2) is 51.2 Å². The SMILES string of the molecule is Cn1nc(C(=O)N2CCSCC2)c2c1CCC(NCc1cc(C(F)(F)F)ccc1F)C2. The number of nitrogens with one attached hydrogen (secondary N) is 1. The number of halogens is 4. The van der Waals surface area contributed by atoms with Gasteiger partial charge in [0.2, 0.25) is 0 Å². The van der Waals surface area contributed by atoms with E-state index in [1.807, 2.05) is 23.7 Å². The molecule has 1 saturated heterocycles. The number of hydrogen-bond acceptors (Lipinski definition) is 4. The molecule has 1 aromatic carbocycles. The van der Waals surface area contributed by atoms with Crippen LogP contribution < -0.4 is 5.32 Å². The highest BCUT2D eigenvalue weighted by Gasteiger charge is 2.32. The highest BCUT2D eigenvalue weighted by atomic mass is 32.2. The number of thioether (sulfide) groups is 1. The molecule has 10 heteroatoms. The van der Waals surface area contributed by atoms with Gasteiger partial charge in [-0.3, -0.25) is 9.48 Å². The molecule has 2 aliphatic rings. The van der Waals surface area contributed by atoms with E-state index in [4.69, 9.17) is 0 Å². The van der Waals surface area contributed by atoms with E-state index < -0.39 is 17.6 Å². The third-order valence-electron chi connectivity index (χ3n) is 5.91. The van der Waals surface area contributed by atoms with Crippen molar-refractivity contribution in [2.45, 2.75) is 38.0 Å². The van der Waals surface area contributed by atoms with Gasteiger partial charge in [0.1, 0.15) is 5.82 Å². The number of amides is 1. The molecule has 0 radical (unpaired) electrons. The summed E-state index contributed by atoms with van der Waals surface area (Å²) in [6.07, 6.45) is -2.54. The quantitative estimate of drug-likeness (QED) is 0.717. The number of rotatable bonds is 4. The van der Waals surface area contributed by atoms with Gasteiger partial charge < -0.3 is 10.2 Å². The number of carbonyl (C=O) groups is 1. The van der Waals surface area contributed by atoms with Crippen molar-refractivity contribution in [2.75, 3.05) is 24.6 Å². The maximum Gasteiger partial charge on any atom is 0.416 e. The van der Waals surface area contributed by atoms with Gasteiger partial charge in [-0.15, -0.1) is 0 Å². The molecule has 31 heavy (non-hydrogen) atoms. The second kappa shape index (κ2) is 8.82. The molecule has 1 amide bonds. The van der Waals surface area contributed by atoms with Gasteiger partial charge >= 0.3 is 6.18 Å². The second-order valence-corrected chi connectivity index (χ2v) is 9.15. The number of benzene rings is 1. The molecule has 1 aromatic heterocycles. The number of fused-ring (bicyclic) bond motifs is 1. The van der Waals surface area contributed by atoms with Crippen LogP contribution in [0.25, 0.3) is 0 Å². The van der Waals surface area contributed by atoms with Crippen molar-refractivity contribution in [3.8, 4) is 0 Å². The van der Waals surface area contributed by atoms with Crippen molar-refractivity contribution >= 4 is 17.7 Å². The Morgan fingerprint density at radius 3 is 2.74 bits per heavy atom. The molecule has 5 nitrogen and oxygen atoms in total. The molecule has 1 atom stereocenters. The number of hydrogen-bond donors (Lipinski definition) is 1. The number of aryl methyl sites for hydroxylation is 1. The molecule has 1 fully saturated rings. The molecule has 0 spiro atoms. The predicted molar refractivity (Wildman–Crippen MR) is 110 cm³/mol. The van der Waals surface area contributed by atoms with Gasteiger partial charge in [-0.2, -0.15) is 30.0 Å². The Bertz CT molecular complexity index is 969. The fourth-order valence-corrected chi connectivity index (χ4v) is 5.10. The summed E-state index contributed by atoms with van der Waals surface area (Å²) >= 11 is 1.82. The molecular weight excluding hydrogens is 432 g/mol. The summed E-state index contributed by atoms with van der Waals surface area (Å²) in [5, 5.41) is 7.66. The Kier molecular flexibility index (Phi) is 6.30. The number of aromatic nitrogens is 2. The van der Waals surface area contributed by atoms with Crippen LogP contribution in [0, 0.1) is 5.82 Å². The average Bonchev–Trinajstić information content (AvgIpc) is 3.08. The number of carbonyl (C=O) groups excluding carboxylic acids is 1. The molecule has 1 aliphatic heterocycles. The minimum Gasteiger partial charge on any atom is -0.336 e. The van der Waals surface area contributed by atoms with E-state index in [-0.39, 0.29) is 24.1 Å². The van der Waals surface area contributed by atoms with Crippen LogP contribution in [0.2, 0.25) is 0 Å². The maximum atomic E-state index is 14.1. The van der Waals surface area contributed by atoms with Crippen molar-refractivity contribution in [1.82, 2.24) is 20.0 Å². The van der Waals surface area contributed by atoms with Crippen molar-refractivity contribution in [3.63, 3.8) is 0 Å². The minimum atomic E-state index is -4.51. The maximum absolute atomic E-state index is 14.1. The van der Waals surface area contributed by atoms with Crippen molar-refractivity contribution in [1.29, 1.82) is 0 Å². The molecule has 168 valence electrons. The first-order valence-electron chi connectivity index (χ1n) is 10.2. The van der Waals surface area contributed by atoms with Crippen LogP contribution in [0.15, 0.2) is 18.2 Å². The summed E-state index contributed by atoms with van der Waals surface area (Å²) in [5.74, 6) is 1.08. The largest absolute Gasteiger partial charge is 0.416 e. The van der Waals surface area contributed by atoms with E-state index >= 15 is 0 Å². The van der Waals surface area contributed by atoms with Gasteiger partial charge in [-0.05, 0) is 37.5 Å². The highest BCUT2D eigenvalue weighted by molar-refractivity contribution is 7.99. The molecule has 0 saturated carbocycles. The molecular formula is C21H24F4N4OS. The third-order valence-corrected chi connectivity index (χ3v) is 6.85. The van der Waals surface area contributed by atoms with E-state index in [2.05, 4.69) is 10.4 Å². The second-order valence-electron chi connectivity index (χ2n) is 7.93. The van der Waals surface area contributed by atoms with Crippen molar-refractivity contribution in [3.05, 3.63) is 52.1 Å². The fraction of sp³-hybridized carbons (Fsp3) is 0.524. The van der Waals surface area contributed by atoms with Crippen molar-refractivity contribution in [2.24, 2.45) is 7.05 Å². The van der Waals surface area contributed by atoms with Crippen LogP contribution in [0.5, 0.6) is 0 Å². The Balaban J connectivity index is 1.47. The van der Waals surface area contributed by atoms with Gasteiger partial charge in [-0.25, -0.2) is 4.39 Å².